The molecule has 0 aliphatic heterocycles. The molecule has 0 amide bonds. The first-order chi connectivity index (χ1) is 14.7. The van der Waals surface area contributed by atoms with E-state index in [1.165, 1.54) is 39.0 Å². The number of fused-ring (bicyclic) bond motifs is 5. The largest absolute Gasteiger partial charge is 0.463 e. The molecule has 31 heavy (non-hydrogen) atoms. The van der Waals surface area contributed by atoms with Crippen molar-refractivity contribution in [1.82, 2.24) is 0 Å². The molecule has 4 aliphatic rings. The SMILES string of the molecule is CO/N=C(/C)[C@@H]1/C(=N/OC)C[C@@H]2[C@H]3CC[C@H]4C[C@H](OC(C)=O)CC[C@]4(C)[C@@H]3CC[C@@]12C. The fourth-order valence-electron chi connectivity index (χ4n) is 8.50. The second-order valence-corrected chi connectivity index (χ2v) is 11.0. The Labute approximate surface area is 187 Å². The third-order valence-corrected chi connectivity index (χ3v) is 9.67. The summed E-state index contributed by atoms with van der Waals surface area (Å²) in [5, 5.41) is 8.81. The van der Waals surface area contributed by atoms with E-state index in [9.17, 15) is 4.79 Å². The lowest BCUT2D eigenvalue weighted by molar-refractivity contribution is -0.159. The van der Waals surface area contributed by atoms with Crippen molar-refractivity contribution in [2.75, 3.05) is 14.2 Å². The van der Waals surface area contributed by atoms with Crippen LogP contribution in [0, 0.1) is 40.4 Å². The van der Waals surface area contributed by atoms with Gasteiger partial charge < -0.3 is 14.4 Å². The molecule has 0 unspecified atom stereocenters. The summed E-state index contributed by atoms with van der Waals surface area (Å²) in [5.41, 5.74) is 2.67. The minimum atomic E-state index is -0.134. The van der Waals surface area contributed by atoms with E-state index in [4.69, 9.17) is 14.4 Å². The maximum atomic E-state index is 11.5. The van der Waals surface area contributed by atoms with Gasteiger partial charge in [0.15, 0.2) is 0 Å². The molecule has 0 saturated heterocycles. The summed E-state index contributed by atoms with van der Waals surface area (Å²) < 4.78 is 5.62. The van der Waals surface area contributed by atoms with Gasteiger partial charge in [0, 0.05) is 12.8 Å². The molecule has 6 heteroatoms. The fraction of sp³-hybridized carbons (Fsp3) is 0.880. The van der Waals surface area contributed by atoms with E-state index in [1.54, 1.807) is 14.2 Å². The maximum absolute atomic E-state index is 11.5. The molecule has 8 atom stereocenters. The summed E-state index contributed by atoms with van der Waals surface area (Å²) >= 11 is 0. The van der Waals surface area contributed by atoms with Crippen molar-refractivity contribution in [1.29, 1.82) is 0 Å². The highest BCUT2D eigenvalue weighted by molar-refractivity contribution is 6.08. The van der Waals surface area contributed by atoms with E-state index in [1.807, 2.05) is 0 Å². The Bertz CT molecular complexity index is 765. The first-order valence-corrected chi connectivity index (χ1v) is 12.1. The fourth-order valence-corrected chi connectivity index (χ4v) is 8.50. The van der Waals surface area contributed by atoms with Gasteiger partial charge in [0.1, 0.15) is 20.3 Å². The second-order valence-electron chi connectivity index (χ2n) is 11.0. The Balaban J connectivity index is 1.60. The molecular formula is C25H40N2O4. The Morgan fingerprint density at radius 3 is 2.39 bits per heavy atom. The Kier molecular flexibility index (Phi) is 6.12. The van der Waals surface area contributed by atoms with E-state index in [2.05, 4.69) is 31.1 Å². The molecule has 0 aromatic heterocycles. The molecule has 174 valence electrons. The Hall–Kier alpha value is -1.59. The summed E-state index contributed by atoms with van der Waals surface area (Å²) in [6.07, 6.45) is 9.32. The standard InChI is InChI=1S/C25H40N2O4/c1-15(26-29-5)23-22(27-30-6)14-21-19-8-7-17-13-18(31-16(2)28)9-11-24(17,3)20(19)10-12-25(21,23)4/h17-21,23H,7-14H2,1-6H3/b26-15-,27-22+/t17-,18+,19-,20+,21+,23+,24-,25+/m0/s1. The van der Waals surface area contributed by atoms with Crippen LogP contribution in [-0.4, -0.2) is 37.7 Å². The first kappa shape index (κ1) is 22.6. The number of ether oxygens (including phenoxy) is 1. The lowest BCUT2D eigenvalue weighted by Gasteiger charge is -2.60. The topological polar surface area (TPSA) is 69.5 Å². The number of hydrogen-bond donors (Lipinski definition) is 0. The molecule has 0 bridgehead atoms. The van der Waals surface area contributed by atoms with Crippen molar-refractivity contribution >= 4 is 17.4 Å². The van der Waals surface area contributed by atoms with Crippen molar-refractivity contribution in [3.05, 3.63) is 0 Å². The van der Waals surface area contributed by atoms with Crippen LogP contribution >= 0.6 is 0 Å². The van der Waals surface area contributed by atoms with Gasteiger partial charge in [-0.3, -0.25) is 4.79 Å². The van der Waals surface area contributed by atoms with Crippen molar-refractivity contribution in [2.24, 2.45) is 50.7 Å². The molecule has 4 fully saturated rings. The highest BCUT2D eigenvalue weighted by Gasteiger charge is 2.62. The third-order valence-electron chi connectivity index (χ3n) is 9.67. The van der Waals surface area contributed by atoms with Crippen LogP contribution in [0.15, 0.2) is 10.3 Å². The predicted molar refractivity (Wildman–Crippen MR) is 121 cm³/mol. The summed E-state index contributed by atoms with van der Waals surface area (Å²) in [5.74, 6) is 2.79. The molecule has 4 rings (SSSR count). The van der Waals surface area contributed by atoms with Gasteiger partial charge >= 0.3 is 5.97 Å². The van der Waals surface area contributed by atoms with E-state index >= 15 is 0 Å². The molecular weight excluding hydrogens is 392 g/mol. The van der Waals surface area contributed by atoms with E-state index in [-0.39, 0.29) is 23.4 Å². The zero-order valence-electron chi connectivity index (χ0n) is 20.1. The average molecular weight is 433 g/mol. The van der Waals surface area contributed by atoms with Gasteiger partial charge in [-0.25, -0.2) is 0 Å². The minimum Gasteiger partial charge on any atom is -0.463 e. The van der Waals surface area contributed by atoms with Gasteiger partial charge in [-0.2, -0.15) is 0 Å². The van der Waals surface area contributed by atoms with Crippen molar-refractivity contribution in [2.45, 2.75) is 85.2 Å². The van der Waals surface area contributed by atoms with Gasteiger partial charge in [0.05, 0.1) is 11.4 Å². The van der Waals surface area contributed by atoms with Crippen LogP contribution in [-0.2, 0) is 19.2 Å². The van der Waals surface area contributed by atoms with Crippen LogP contribution in [0.25, 0.3) is 0 Å². The zero-order valence-corrected chi connectivity index (χ0v) is 20.1. The second kappa shape index (κ2) is 8.40. The predicted octanol–water partition coefficient (Wildman–Crippen LogP) is 5.21. The van der Waals surface area contributed by atoms with E-state index in [0.29, 0.717) is 23.2 Å². The van der Waals surface area contributed by atoms with Crippen LogP contribution < -0.4 is 0 Å². The van der Waals surface area contributed by atoms with Crippen LogP contribution in [0.3, 0.4) is 0 Å². The van der Waals surface area contributed by atoms with Crippen molar-refractivity contribution < 1.29 is 19.2 Å². The molecule has 4 saturated carbocycles. The summed E-state index contributed by atoms with van der Waals surface area (Å²) in [6.45, 7) is 8.61. The quantitative estimate of drug-likeness (QED) is 0.347. The summed E-state index contributed by atoms with van der Waals surface area (Å²) in [6, 6.07) is 0. The lowest BCUT2D eigenvalue weighted by Crippen LogP contribution is -2.54. The number of nitrogens with zero attached hydrogens (tertiary/aromatic N) is 2. The van der Waals surface area contributed by atoms with Crippen LogP contribution in [0.5, 0.6) is 0 Å². The van der Waals surface area contributed by atoms with Gasteiger partial charge in [0.25, 0.3) is 0 Å². The molecule has 0 aromatic carbocycles. The molecule has 0 N–H and O–H groups in total. The van der Waals surface area contributed by atoms with Crippen molar-refractivity contribution in [3.63, 3.8) is 0 Å². The zero-order chi connectivity index (χ0) is 22.4. The van der Waals surface area contributed by atoms with Crippen LogP contribution in [0.2, 0.25) is 0 Å². The normalized spacial score (nSPS) is 46.0. The Morgan fingerprint density at radius 1 is 0.968 bits per heavy atom. The summed E-state index contributed by atoms with van der Waals surface area (Å²) in [4.78, 5) is 21.9. The molecule has 0 heterocycles. The lowest BCUT2D eigenvalue weighted by atomic mass is 9.44. The van der Waals surface area contributed by atoms with E-state index in [0.717, 1.165) is 36.6 Å². The average Bonchev–Trinajstić information content (AvgIpc) is 3.00. The number of esters is 1. The number of hydrogen-bond acceptors (Lipinski definition) is 6. The molecule has 4 aliphatic carbocycles. The third kappa shape index (κ3) is 3.68. The molecule has 6 nitrogen and oxygen atoms in total. The summed E-state index contributed by atoms with van der Waals surface area (Å²) in [7, 11) is 3.27. The number of oxime groups is 2. The number of carbonyl (C=O) groups excluding carboxylic acids is 1. The highest BCUT2D eigenvalue weighted by Crippen LogP contribution is 2.67. The van der Waals surface area contributed by atoms with E-state index < -0.39 is 0 Å². The van der Waals surface area contributed by atoms with Gasteiger partial charge in [0.2, 0.25) is 0 Å². The number of carbonyl (C=O) groups is 1. The minimum absolute atomic E-state index is 0.116. The molecule has 0 aromatic rings. The van der Waals surface area contributed by atoms with Crippen LogP contribution in [0.1, 0.15) is 79.1 Å². The highest BCUT2D eigenvalue weighted by atomic mass is 16.6. The first-order valence-electron chi connectivity index (χ1n) is 12.1. The molecule has 0 spiro atoms. The van der Waals surface area contributed by atoms with Crippen LogP contribution in [0.4, 0.5) is 0 Å². The van der Waals surface area contributed by atoms with Gasteiger partial charge in [-0.1, -0.05) is 24.2 Å². The van der Waals surface area contributed by atoms with Gasteiger partial charge in [-0.15, -0.1) is 0 Å². The Morgan fingerprint density at radius 2 is 1.71 bits per heavy atom. The molecule has 0 radical (unpaired) electrons. The smallest absolute Gasteiger partial charge is 0.302 e. The van der Waals surface area contributed by atoms with Gasteiger partial charge in [-0.05, 0) is 92.8 Å². The monoisotopic (exact) mass is 432 g/mol. The maximum Gasteiger partial charge on any atom is 0.302 e. The van der Waals surface area contributed by atoms with Crippen molar-refractivity contribution in [3.8, 4) is 0 Å². The number of rotatable bonds is 4.